The van der Waals surface area contributed by atoms with Crippen LogP contribution in [0, 0.1) is 5.82 Å². The van der Waals surface area contributed by atoms with Crippen molar-refractivity contribution in [1.82, 2.24) is 4.90 Å². The molecule has 36 heavy (non-hydrogen) atoms. The lowest BCUT2D eigenvalue weighted by Gasteiger charge is -2.28. The van der Waals surface area contributed by atoms with Crippen LogP contribution in [0.15, 0.2) is 36.4 Å². The lowest BCUT2D eigenvalue weighted by Crippen LogP contribution is -2.39. The number of rotatable bonds is 13. The minimum atomic E-state index is -0.652. The summed E-state index contributed by atoms with van der Waals surface area (Å²) in [6.45, 7) is 7.64. The van der Waals surface area contributed by atoms with E-state index in [1.807, 2.05) is 19.1 Å². The van der Waals surface area contributed by atoms with Crippen molar-refractivity contribution < 1.29 is 23.8 Å². The van der Waals surface area contributed by atoms with Gasteiger partial charge in [0.25, 0.3) is 0 Å². The van der Waals surface area contributed by atoms with Crippen LogP contribution in [0.3, 0.4) is 0 Å². The van der Waals surface area contributed by atoms with Crippen LogP contribution in [-0.2, 0) is 33.5 Å². The number of hydrogen-bond acceptors (Lipinski definition) is 5. The molecule has 0 unspecified atom stereocenters. The first kappa shape index (κ1) is 28.6. The predicted molar refractivity (Wildman–Crippen MR) is 141 cm³/mol. The molecule has 1 heterocycles. The number of aryl methyl sites for hydroxylation is 1. The van der Waals surface area contributed by atoms with Crippen LogP contribution >= 0.6 is 11.6 Å². The van der Waals surface area contributed by atoms with Crippen molar-refractivity contribution in [1.29, 1.82) is 0 Å². The third kappa shape index (κ3) is 8.01. The first-order valence-electron chi connectivity index (χ1n) is 13.1. The summed E-state index contributed by atoms with van der Waals surface area (Å²) in [7, 11) is 0. The van der Waals surface area contributed by atoms with Crippen molar-refractivity contribution in [2.45, 2.75) is 77.5 Å². The van der Waals surface area contributed by atoms with Gasteiger partial charge in [-0.3, -0.25) is 9.69 Å². The van der Waals surface area contributed by atoms with Gasteiger partial charge in [-0.1, -0.05) is 42.8 Å². The van der Waals surface area contributed by atoms with Crippen LogP contribution in [0.5, 0.6) is 0 Å². The van der Waals surface area contributed by atoms with Gasteiger partial charge in [-0.2, -0.15) is 0 Å². The van der Waals surface area contributed by atoms with Crippen LogP contribution in [0.1, 0.15) is 68.4 Å². The zero-order chi connectivity index (χ0) is 26.1. The number of β-amino-alcohol motifs (C(OH)–C–C–N with tert-alkyl or cyclic N) is 1. The molecule has 3 rings (SSSR count). The van der Waals surface area contributed by atoms with Crippen molar-refractivity contribution in [3.05, 3.63) is 69.5 Å². The first-order chi connectivity index (χ1) is 17.3. The molecule has 7 heteroatoms. The highest BCUT2D eigenvalue weighted by Gasteiger charge is 2.27. The van der Waals surface area contributed by atoms with E-state index in [9.17, 15) is 14.3 Å². The summed E-state index contributed by atoms with van der Waals surface area (Å²) in [4.78, 5) is 14.1. The Morgan fingerprint density at radius 1 is 1.28 bits per heavy atom. The van der Waals surface area contributed by atoms with E-state index < -0.39 is 12.2 Å². The first-order valence-corrected chi connectivity index (χ1v) is 13.4. The normalized spacial score (nSPS) is 17.8. The molecule has 0 bridgehead atoms. The number of carbonyl (C=O) groups is 1. The Kier molecular flexibility index (Phi) is 11.2. The number of nitrogens with zero attached hydrogens (tertiary/aromatic N) is 1. The molecule has 1 saturated heterocycles. The SMILES string of the molecule is CCOC(=O)CCc1c(F)cccc1[C@@H](C)OC[C@H](O)CN1CCC[C@H]1Cc1ccc(Cl)c(CC)c1. The third-order valence-electron chi connectivity index (χ3n) is 6.92. The van der Waals surface area contributed by atoms with E-state index in [1.165, 1.54) is 17.2 Å². The molecule has 198 valence electrons. The van der Waals surface area contributed by atoms with Gasteiger partial charge in [0.05, 0.1) is 25.4 Å². The van der Waals surface area contributed by atoms with Gasteiger partial charge in [-0.15, -0.1) is 0 Å². The smallest absolute Gasteiger partial charge is 0.306 e. The van der Waals surface area contributed by atoms with Crippen molar-refractivity contribution >= 4 is 17.6 Å². The number of esters is 1. The van der Waals surface area contributed by atoms with Gasteiger partial charge in [-0.05, 0) is 86.9 Å². The van der Waals surface area contributed by atoms with Gasteiger partial charge in [0.15, 0.2) is 0 Å². The van der Waals surface area contributed by atoms with Crippen molar-refractivity contribution in [3.8, 4) is 0 Å². The molecule has 1 aliphatic heterocycles. The Morgan fingerprint density at radius 3 is 2.83 bits per heavy atom. The Balaban J connectivity index is 1.54. The molecule has 3 atom stereocenters. The lowest BCUT2D eigenvalue weighted by atomic mass is 9.98. The van der Waals surface area contributed by atoms with Gasteiger partial charge in [0.1, 0.15) is 5.82 Å². The number of hydrogen-bond donors (Lipinski definition) is 1. The molecule has 5 nitrogen and oxygen atoms in total. The maximum Gasteiger partial charge on any atom is 0.306 e. The van der Waals surface area contributed by atoms with Gasteiger partial charge in [0, 0.05) is 24.0 Å². The molecular formula is C29H39ClFNO4. The van der Waals surface area contributed by atoms with E-state index in [4.69, 9.17) is 21.1 Å². The highest BCUT2D eigenvalue weighted by molar-refractivity contribution is 6.31. The van der Waals surface area contributed by atoms with Gasteiger partial charge in [0.2, 0.25) is 0 Å². The van der Waals surface area contributed by atoms with E-state index in [0.717, 1.165) is 37.3 Å². The number of aliphatic hydroxyl groups excluding tert-OH is 1. The summed E-state index contributed by atoms with van der Waals surface area (Å²) in [6.07, 6.45) is 3.34. The molecule has 1 fully saturated rings. The third-order valence-corrected chi connectivity index (χ3v) is 7.29. The van der Waals surface area contributed by atoms with Gasteiger partial charge >= 0.3 is 5.97 Å². The van der Waals surface area contributed by atoms with Gasteiger partial charge < -0.3 is 14.6 Å². The summed E-state index contributed by atoms with van der Waals surface area (Å²) in [5.74, 6) is -0.707. The number of likely N-dealkylation sites (tertiary alicyclic amines) is 1. The van der Waals surface area contributed by atoms with E-state index in [-0.39, 0.29) is 31.2 Å². The highest BCUT2D eigenvalue weighted by Crippen LogP contribution is 2.27. The molecule has 0 amide bonds. The Hall–Kier alpha value is -1.99. The maximum absolute atomic E-state index is 14.5. The standard InChI is InChI=1S/C29H39ClFNO4/c1-4-22-16-21(11-13-27(22)30)17-23-8-7-15-32(23)18-24(33)19-36-20(3)25-9-6-10-28(31)26(25)12-14-29(34)35-5-2/h6,9-11,13,16,20,23-24,33H,4-5,7-8,12,14-15,17-19H2,1-3H3/t20-,23+,24-/m1/s1. The average molecular weight is 520 g/mol. The molecular weight excluding hydrogens is 481 g/mol. The molecule has 1 aliphatic rings. The summed E-state index contributed by atoms with van der Waals surface area (Å²) >= 11 is 6.28. The number of aliphatic hydroxyl groups is 1. The Bertz CT molecular complexity index is 1000. The fourth-order valence-corrected chi connectivity index (χ4v) is 5.26. The van der Waals surface area contributed by atoms with Crippen molar-refractivity contribution in [2.24, 2.45) is 0 Å². The lowest BCUT2D eigenvalue weighted by molar-refractivity contribution is -0.143. The number of carbonyl (C=O) groups excluding carboxylic acids is 1. The second-order valence-corrected chi connectivity index (χ2v) is 9.92. The van der Waals surface area contributed by atoms with E-state index in [2.05, 4.69) is 24.0 Å². The fourth-order valence-electron chi connectivity index (χ4n) is 5.01. The average Bonchev–Trinajstić information content (AvgIpc) is 3.29. The van der Waals surface area contributed by atoms with Gasteiger partial charge in [-0.25, -0.2) is 4.39 Å². The summed E-state index contributed by atoms with van der Waals surface area (Å²) in [5.41, 5.74) is 3.59. The predicted octanol–water partition coefficient (Wildman–Crippen LogP) is 5.68. The molecule has 1 N–H and O–H groups in total. The van der Waals surface area contributed by atoms with Crippen LogP contribution in [0.25, 0.3) is 0 Å². The monoisotopic (exact) mass is 519 g/mol. The summed E-state index contributed by atoms with van der Waals surface area (Å²) in [6, 6.07) is 11.5. The highest BCUT2D eigenvalue weighted by atomic mass is 35.5. The second kappa shape index (κ2) is 14.1. The molecule has 0 spiro atoms. The van der Waals surface area contributed by atoms with Crippen LogP contribution in [0.4, 0.5) is 4.39 Å². The van der Waals surface area contributed by atoms with Crippen LogP contribution in [0.2, 0.25) is 5.02 Å². The zero-order valence-electron chi connectivity index (χ0n) is 21.6. The Labute approximate surface area is 219 Å². The molecule has 2 aromatic carbocycles. The quantitative estimate of drug-likeness (QED) is 0.345. The van der Waals surface area contributed by atoms with E-state index in [1.54, 1.807) is 13.0 Å². The fraction of sp³-hybridized carbons (Fsp3) is 0.552. The van der Waals surface area contributed by atoms with E-state index in [0.29, 0.717) is 30.3 Å². The number of benzene rings is 2. The minimum absolute atomic E-state index is 0.112. The molecule has 0 aliphatic carbocycles. The number of halogens is 2. The second-order valence-electron chi connectivity index (χ2n) is 9.52. The topological polar surface area (TPSA) is 59.0 Å². The zero-order valence-corrected chi connectivity index (χ0v) is 22.4. The van der Waals surface area contributed by atoms with Crippen LogP contribution in [-0.4, -0.2) is 54.4 Å². The van der Waals surface area contributed by atoms with Crippen molar-refractivity contribution in [2.75, 3.05) is 26.3 Å². The van der Waals surface area contributed by atoms with Crippen molar-refractivity contribution in [3.63, 3.8) is 0 Å². The van der Waals surface area contributed by atoms with E-state index >= 15 is 0 Å². The largest absolute Gasteiger partial charge is 0.466 e. The van der Waals surface area contributed by atoms with Crippen LogP contribution < -0.4 is 0 Å². The minimum Gasteiger partial charge on any atom is -0.466 e. The molecule has 0 aromatic heterocycles. The maximum atomic E-state index is 14.5. The number of ether oxygens (including phenoxy) is 2. The summed E-state index contributed by atoms with van der Waals surface area (Å²) in [5, 5.41) is 11.6. The Morgan fingerprint density at radius 2 is 2.08 bits per heavy atom. The molecule has 0 radical (unpaired) electrons. The summed E-state index contributed by atoms with van der Waals surface area (Å²) < 4.78 is 25.5. The molecule has 0 saturated carbocycles. The molecule has 2 aromatic rings.